The van der Waals surface area contributed by atoms with Gasteiger partial charge in [-0.15, -0.1) is 11.8 Å². The molecule has 19 heavy (non-hydrogen) atoms. The summed E-state index contributed by atoms with van der Waals surface area (Å²) in [5.74, 6) is -0.215. The van der Waals surface area contributed by atoms with Crippen LogP contribution in [0.2, 0.25) is 0 Å². The van der Waals surface area contributed by atoms with Crippen molar-refractivity contribution in [3.8, 4) is 0 Å². The molecule has 2 rings (SSSR count). The lowest BCUT2D eigenvalue weighted by molar-refractivity contribution is -0.128. The van der Waals surface area contributed by atoms with E-state index in [0.717, 1.165) is 0 Å². The standard InChI is InChI=1S/C13H15FN2O2S/c1-15-12(17)10-7-19-11(13(18)16-10)6-8-4-2-3-5-9(8)14/h2-5,10-11H,6-7H2,1H3,(H,15,17)(H,16,18). The molecule has 1 aromatic carbocycles. The molecule has 1 aliphatic heterocycles. The summed E-state index contributed by atoms with van der Waals surface area (Å²) in [6.07, 6.45) is 0.337. The second kappa shape index (κ2) is 6.06. The molecule has 0 bridgehead atoms. The highest BCUT2D eigenvalue weighted by atomic mass is 32.2. The van der Waals surface area contributed by atoms with E-state index in [-0.39, 0.29) is 22.9 Å². The Morgan fingerprint density at radius 1 is 1.53 bits per heavy atom. The van der Waals surface area contributed by atoms with Crippen LogP contribution in [-0.2, 0) is 16.0 Å². The lowest BCUT2D eigenvalue weighted by atomic mass is 10.1. The molecule has 4 nitrogen and oxygen atoms in total. The topological polar surface area (TPSA) is 58.2 Å². The monoisotopic (exact) mass is 282 g/mol. The third-order valence-corrected chi connectivity index (χ3v) is 4.31. The molecule has 2 atom stereocenters. The summed E-state index contributed by atoms with van der Waals surface area (Å²) in [5, 5.41) is 4.82. The summed E-state index contributed by atoms with van der Waals surface area (Å²) in [4.78, 5) is 23.3. The molecule has 1 heterocycles. The predicted molar refractivity (Wildman–Crippen MR) is 72.3 cm³/mol. The Morgan fingerprint density at radius 2 is 2.26 bits per heavy atom. The van der Waals surface area contributed by atoms with Crippen LogP contribution in [0.25, 0.3) is 0 Å². The van der Waals surface area contributed by atoms with E-state index in [4.69, 9.17) is 0 Å². The van der Waals surface area contributed by atoms with Gasteiger partial charge in [0.2, 0.25) is 11.8 Å². The Labute approximate surface area is 115 Å². The number of amides is 2. The van der Waals surface area contributed by atoms with Crippen LogP contribution >= 0.6 is 11.8 Å². The van der Waals surface area contributed by atoms with Crippen LogP contribution in [0.1, 0.15) is 5.56 Å². The van der Waals surface area contributed by atoms with E-state index in [1.165, 1.54) is 24.9 Å². The van der Waals surface area contributed by atoms with Gasteiger partial charge in [-0.05, 0) is 18.1 Å². The second-order valence-corrected chi connectivity index (χ2v) is 5.53. The second-order valence-electron chi connectivity index (χ2n) is 4.29. The van der Waals surface area contributed by atoms with Crippen LogP contribution in [0.4, 0.5) is 4.39 Å². The zero-order valence-electron chi connectivity index (χ0n) is 10.5. The lowest BCUT2D eigenvalue weighted by Crippen LogP contribution is -2.53. The highest BCUT2D eigenvalue weighted by molar-refractivity contribution is 8.00. The van der Waals surface area contributed by atoms with Gasteiger partial charge < -0.3 is 10.6 Å². The summed E-state index contributed by atoms with van der Waals surface area (Å²) < 4.78 is 13.5. The van der Waals surface area contributed by atoms with E-state index in [2.05, 4.69) is 10.6 Å². The summed E-state index contributed by atoms with van der Waals surface area (Å²) in [6.45, 7) is 0. The normalized spacial score (nSPS) is 22.7. The average Bonchev–Trinajstić information content (AvgIpc) is 2.42. The average molecular weight is 282 g/mol. The van der Waals surface area contributed by atoms with E-state index in [0.29, 0.717) is 17.7 Å². The molecule has 1 saturated heterocycles. The quantitative estimate of drug-likeness (QED) is 0.858. The number of halogens is 1. The first-order valence-corrected chi connectivity index (χ1v) is 7.03. The first kappa shape index (κ1) is 13.9. The van der Waals surface area contributed by atoms with E-state index >= 15 is 0 Å². The Balaban J connectivity index is 1.99. The molecule has 2 unspecified atom stereocenters. The van der Waals surface area contributed by atoms with Crippen LogP contribution in [-0.4, -0.2) is 35.9 Å². The Morgan fingerprint density at radius 3 is 2.89 bits per heavy atom. The number of likely N-dealkylation sites (N-methyl/N-ethyl adjacent to an activating group) is 1. The zero-order chi connectivity index (χ0) is 13.8. The van der Waals surface area contributed by atoms with E-state index in [1.54, 1.807) is 18.2 Å². The van der Waals surface area contributed by atoms with Crippen LogP contribution in [0.15, 0.2) is 24.3 Å². The maximum Gasteiger partial charge on any atom is 0.243 e. The van der Waals surface area contributed by atoms with Gasteiger partial charge in [0, 0.05) is 12.8 Å². The Bertz CT molecular complexity index is 495. The van der Waals surface area contributed by atoms with Crippen molar-refractivity contribution < 1.29 is 14.0 Å². The van der Waals surface area contributed by atoms with Crippen LogP contribution < -0.4 is 10.6 Å². The molecule has 2 amide bonds. The number of hydrogen-bond acceptors (Lipinski definition) is 3. The van der Waals surface area contributed by atoms with Crippen LogP contribution in [0, 0.1) is 5.82 Å². The molecular formula is C13H15FN2O2S. The van der Waals surface area contributed by atoms with E-state index < -0.39 is 6.04 Å². The van der Waals surface area contributed by atoms with Crippen molar-refractivity contribution in [2.45, 2.75) is 17.7 Å². The maximum atomic E-state index is 13.5. The molecule has 0 spiro atoms. The fourth-order valence-corrected chi connectivity index (χ4v) is 3.10. The molecule has 1 fully saturated rings. The summed E-state index contributed by atoms with van der Waals surface area (Å²) in [7, 11) is 1.53. The maximum absolute atomic E-state index is 13.5. The van der Waals surface area contributed by atoms with Crippen molar-refractivity contribution in [1.82, 2.24) is 10.6 Å². The number of carbonyl (C=O) groups is 2. The van der Waals surface area contributed by atoms with Gasteiger partial charge in [-0.1, -0.05) is 18.2 Å². The number of nitrogens with one attached hydrogen (secondary N) is 2. The fraction of sp³-hybridized carbons (Fsp3) is 0.385. The van der Waals surface area contributed by atoms with Gasteiger partial charge in [0.1, 0.15) is 11.9 Å². The Kier molecular flexibility index (Phi) is 4.42. The van der Waals surface area contributed by atoms with Crippen molar-refractivity contribution in [2.24, 2.45) is 0 Å². The van der Waals surface area contributed by atoms with Gasteiger partial charge in [0.15, 0.2) is 0 Å². The number of thioether (sulfide) groups is 1. The molecule has 1 aliphatic rings. The minimum absolute atomic E-state index is 0.204. The number of carbonyl (C=O) groups excluding carboxylic acids is 2. The van der Waals surface area contributed by atoms with E-state index in [9.17, 15) is 14.0 Å². The van der Waals surface area contributed by atoms with Gasteiger partial charge in [-0.25, -0.2) is 4.39 Å². The number of hydrogen-bond donors (Lipinski definition) is 2. The van der Waals surface area contributed by atoms with Gasteiger partial charge in [0.25, 0.3) is 0 Å². The summed E-state index contributed by atoms with van der Waals surface area (Å²) in [5.41, 5.74) is 0.522. The SMILES string of the molecule is CNC(=O)C1CSC(Cc2ccccc2F)C(=O)N1. The number of rotatable bonds is 3. The predicted octanol–water partition coefficient (Wildman–Crippen LogP) is 0.714. The molecule has 0 aliphatic carbocycles. The molecule has 0 radical (unpaired) electrons. The van der Waals surface area contributed by atoms with Gasteiger partial charge in [0.05, 0.1) is 5.25 Å². The van der Waals surface area contributed by atoms with Crippen molar-refractivity contribution in [1.29, 1.82) is 0 Å². The lowest BCUT2D eigenvalue weighted by Gasteiger charge is -2.27. The van der Waals surface area contributed by atoms with Gasteiger partial charge >= 0.3 is 0 Å². The van der Waals surface area contributed by atoms with Crippen molar-refractivity contribution in [3.63, 3.8) is 0 Å². The zero-order valence-corrected chi connectivity index (χ0v) is 11.3. The third kappa shape index (κ3) is 3.26. The van der Waals surface area contributed by atoms with Crippen molar-refractivity contribution in [3.05, 3.63) is 35.6 Å². The minimum Gasteiger partial charge on any atom is -0.357 e. The van der Waals surface area contributed by atoms with Crippen LogP contribution in [0.5, 0.6) is 0 Å². The molecule has 102 valence electrons. The molecule has 2 N–H and O–H groups in total. The highest BCUT2D eigenvalue weighted by Gasteiger charge is 2.32. The molecule has 0 saturated carbocycles. The largest absolute Gasteiger partial charge is 0.357 e. The fourth-order valence-electron chi connectivity index (χ4n) is 1.93. The smallest absolute Gasteiger partial charge is 0.243 e. The summed E-state index contributed by atoms with van der Waals surface area (Å²) >= 11 is 1.39. The first-order valence-electron chi connectivity index (χ1n) is 5.99. The molecular weight excluding hydrogens is 267 g/mol. The molecule has 0 aromatic heterocycles. The van der Waals surface area contributed by atoms with Gasteiger partial charge in [-0.3, -0.25) is 9.59 Å². The molecule has 1 aromatic rings. The summed E-state index contributed by atoms with van der Waals surface area (Å²) in [6, 6.07) is 5.92. The first-order chi connectivity index (χ1) is 9.11. The number of benzene rings is 1. The molecule has 6 heteroatoms. The minimum atomic E-state index is -0.501. The Hall–Kier alpha value is -1.56. The van der Waals surface area contributed by atoms with Crippen LogP contribution in [0.3, 0.4) is 0 Å². The van der Waals surface area contributed by atoms with Crippen molar-refractivity contribution in [2.75, 3.05) is 12.8 Å². The van der Waals surface area contributed by atoms with Crippen molar-refractivity contribution >= 4 is 23.6 Å². The highest BCUT2D eigenvalue weighted by Crippen LogP contribution is 2.23. The third-order valence-electron chi connectivity index (χ3n) is 3.00. The van der Waals surface area contributed by atoms with Gasteiger partial charge in [-0.2, -0.15) is 0 Å². The van der Waals surface area contributed by atoms with E-state index in [1.807, 2.05) is 0 Å².